The molecule has 1 aliphatic heterocycles. The monoisotopic (exact) mass is 354 g/mol. The maximum Gasteiger partial charge on any atom is 0.251 e. The molecule has 1 unspecified atom stereocenters. The molecule has 0 bridgehead atoms. The average Bonchev–Trinajstić information content (AvgIpc) is 3.19. The zero-order valence-corrected chi connectivity index (χ0v) is 14.9. The van der Waals surface area contributed by atoms with Gasteiger partial charge in [-0.2, -0.15) is 0 Å². The van der Waals surface area contributed by atoms with Gasteiger partial charge in [-0.3, -0.25) is 9.78 Å². The van der Waals surface area contributed by atoms with Crippen LogP contribution in [0.2, 0.25) is 0 Å². The van der Waals surface area contributed by atoms with Crippen molar-refractivity contribution in [1.29, 1.82) is 0 Å². The van der Waals surface area contributed by atoms with Crippen molar-refractivity contribution in [3.63, 3.8) is 0 Å². The molecule has 0 aliphatic carbocycles. The van der Waals surface area contributed by atoms with Crippen LogP contribution in [0.15, 0.2) is 42.6 Å². The molecule has 1 aromatic carbocycles. The Bertz CT molecular complexity index is 715. The second kappa shape index (κ2) is 9.31. The highest BCUT2D eigenvalue weighted by atomic mass is 16.5. The standard InChI is InChI=1S/C20H26N4O2/c21-19-12-15(20(25)24-14-18-5-3-11-26-18)6-7-16(19)13-22-10-8-17-4-1-2-9-23-17/h1-2,4,6-7,9,12,18,22H,3,5,8,10-11,13-14,21H2,(H,24,25). The first-order valence-corrected chi connectivity index (χ1v) is 9.11. The Hall–Kier alpha value is -2.44. The van der Waals surface area contributed by atoms with Crippen molar-refractivity contribution < 1.29 is 9.53 Å². The SMILES string of the molecule is Nc1cc(C(=O)NCC2CCCO2)ccc1CNCCc1ccccn1. The summed E-state index contributed by atoms with van der Waals surface area (Å²) in [6, 6.07) is 11.4. The summed E-state index contributed by atoms with van der Waals surface area (Å²) in [6.07, 6.45) is 4.88. The van der Waals surface area contributed by atoms with Crippen LogP contribution >= 0.6 is 0 Å². The van der Waals surface area contributed by atoms with Gasteiger partial charge in [0, 0.05) is 55.8 Å². The molecule has 1 atom stereocenters. The molecular weight excluding hydrogens is 328 g/mol. The Labute approximate surface area is 154 Å². The van der Waals surface area contributed by atoms with Crippen molar-refractivity contribution in [2.75, 3.05) is 25.4 Å². The number of pyridine rings is 1. The zero-order chi connectivity index (χ0) is 18.2. The van der Waals surface area contributed by atoms with E-state index in [1.54, 1.807) is 12.3 Å². The molecule has 0 radical (unpaired) electrons. The smallest absolute Gasteiger partial charge is 0.251 e. The van der Waals surface area contributed by atoms with Gasteiger partial charge >= 0.3 is 0 Å². The molecule has 0 spiro atoms. The molecule has 2 heterocycles. The lowest BCUT2D eigenvalue weighted by atomic mass is 10.1. The first-order valence-electron chi connectivity index (χ1n) is 9.11. The van der Waals surface area contributed by atoms with E-state index < -0.39 is 0 Å². The number of hydrogen-bond donors (Lipinski definition) is 3. The summed E-state index contributed by atoms with van der Waals surface area (Å²) in [5, 5.41) is 6.28. The van der Waals surface area contributed by atoms with Crippen LogP contribution in [0.3, 0.4) is 0 Å². The van der Waals surface area contributed by atoms with Gasteiger partial charge in [0.15, 0.2) is 0 Å². The Morgan fingerprint density at radius 3 is 2.96 bits per heavy atom. The number of carbonyl (C=O) groups excluding carboxylic acids is 1. The number of carbonyl (C=O) groups is 1. The lowest BCUT2D eigenvalue weighted by molar-refractivity contribution is 0.0858. The van der Waals surface area contributed by atoms with Crippen molar-refractivity contribution in [1.82, 2.24) is 15.6 Å². The summed E-state index contributed by atoms with van der Waals surface area (Å²) in [5.41, 5.74) is 9.37. The number of anilines is 1. The minimum absolute atomic E-state index is 0.109. The Morgan fingerprint density at radius 2 is 2.23 bits per heavy atom. The van der Waals surface area contributed by atoms with Crippen molar-refractivity contribution in [2.24, 2.45) is 0 Å². The van der Waals surface area contributed by atoms with Gasteiger partial charge in [-0.25, -0.2) is 0 Å². The van der Waals surface area contributed by atoms with Crippen LogP contribution in [-0.2, 0) is 17.7 Å². The molecule has 3 rings (SSSR count). The number of nitrogens with two attached hydrogens (primary N) is 1. The average molecular weight is 354 g/mol. The van der Waals surface area contributed by atoms with E-state index in [1.165, 1.54) is 0 Å². The summed E-state index contributed by atoms with van der Waals surface area (Å²) >= 11 is 0. The number of amides is 1. The van der Waals surface area contributed by atoms with Crippen LogP contribution in [0, 0.1) is 0 Å². The quantitative estimate of drug-likeness (QED) is 0.498. The van der Waals surface area contributed by atoms with Crippen LogP contribution in [0.25, 0.3) is 0 Å². The first kappa shape index (κ1) is 18.4. The fourth-order valence-electron chi connectivity index (χ4n) is 3.00. The minimum Gasteiger partial charge on any atom is -0.398 e. The zero-order valence-electron chi connectivity index (χ0n) is 14.9. The molecule has 0 saturated carbocycles. The third kappa shape index (κ3) is 5.28. The van der Waals surface area contributed by atoms with E-state index in [0.29, 0.717) is 24.3 Å². The maximum absolute atomic E-state index is 12.2. The maximum atomic E-state index is 12.2. The second-order valence-corrected chi connectivity index (χ2v) is 6.51. The molecule has 26 heavy (non-hydrogen) atoms. The third-order valence-corrected chi connectivity index (χ3v) is 4.52. The second-order valence-electron chi connectivity index (χ2n) is 6.51. The number of rotatable bonds is 8. The highest BCUT2D eigenvalue weighted by Crippen LogP contribution is 2.15. The summed E-state index contributed by atoms with van der Waals surface area (Å²) in [6.45, 7) is 2.82. The molecule has 1 aliphatic rings. The van der Waals surface area contributed by atoms with Crippen LogP contribution in [0.4, 0.5) is 5.69 Å². The van der Waals surface area contributed by atoms with E-state index in [0.717, 1.165) is 43.7 Å². The van der Waals surface area contributed by atoms with Gasteiger partial charge in [-0.1, -0.05) is 12.1 Å². The van der Waals surface area contributed by atoms with Gasteiger partial charge < -0.3 is 21.1 Å². The number of nitrogen functional groups attached to an aromatic ring is 1. The number of nitrogens with zero attached hydrogens (tertiary/aromatic N) is 1. The lowest BCUT2D eigenvalue weighted by Gasteiger charge is -2.12. The topological polar surface area (TPSA) is 89.3 Å². The van der Waals surface area contributed by atoms with E-state index in [1.807, 2.05) is 30.3 Å². The molecule has 1 aromatic heterocycles. The fourth-order valence-corrected chi connectivity index (χ4v) is 3.00. The number of nitrogens with one attached hydrogen (secondary N) is 2. The predicted octanol–water partition coefficient (Wildman–Crippen LogP) is 1.90. The summed E-state index contributed by atoms with van der Waals surface area (Å²) in [4.78, 5) is 16.5. The van der Waals surface area contributed by atoms with Crippen molar-refractivity contribution in [3.8, 4) is 0 Å². The van der Waals surface area contributed by atoms with Crippen molar-refractivity contribution in [2.45, 2.75) is 31.9 Å². The number of ether oxygens (including phenoxy) is 1. The number of hydrogen-bond acceptors (Lipinski definition) is 5. The molecule has 2 aromatic rings. The van der Waals surface area contributed by atoms with Crippen LogP contribution in [0.1, 0.15) is 34.5 Å². The van der Waals surface area contributed by atoms with Crippen LogP contribution < -0.4 is 16.4 Å². The minimum atomic E-state index is -0.109. The van der Waals surface area contributed by atoms with E-state index in [2.05, 4.69) is 15.6 Å². The fraction of sp³-hybridized carbons (Fsp3) is 0.400. The Kier molecular flexibility index (Phi) is 6.57. The normalized spacial score (nSPS) is 16.5. The van der Waals surface area contributed by atoms with Crippen LogP contribution in [0.5, 0.6) is 0 Å². The van der Waals surface area contributed by atoms with Gasteiger partial charge in [0.2, 0.25) is 0 Å². The number of benzene rings is 1. The summed E-state index contributed by atoms with van der Waals surface area (Å²) in [5.74, 6) is -0.109. The molecule has 138 valence electrons. The van der Waals surface area contributed by atoms with Gasteiger partial charge in [-0.05, 0) is 42.7 Å². The van der Waals surface area contributed by atoms with Gasteiger partial charge in [-0.15, -0.1) is 0 Å². The molecule has 6 heteroatoms. The Balaban J connectivity index is 1.45. The molecule has 4 N–H and O–H groups in total. The first-order chi connectivity index (χ1) is 12.7. The van der Waals surface area contributed by atoms with E-state index >= 15 is 0 Å². The molecule has 6 nitrogen and oxygen atoms in total. The predicted molar refractivity (Wildman–Crippen MR) is 102 cm³/mol. The summed E-state index contributed by atoms with van der Waals surface area (Å²) in [7, 11) is 0. The van der Waals surface area contributed by atoms with Gasteiger partial charge in [0.1, 0.15) is 0 Å². The highest BCUT2D eigenvalue weighted by molar-refractivity contribution is 5.95. The molecule has 1 amide bonds. The Morgan fingerprint density at radius 1 is 1.31 bits per heavy atom. The highest BCUT2D eigenvalue weighted by Gasteiger charge is 2.17. The van der Waals surface area contributed by atoms with E-state index in [4.69, 9.17) is 10.5 Å². The molecule has 1 fully saturated rings. The van der Waals surface area contributed by atoms with Crippen molar-refractivity contribution in [3.05, 3.63) is 59.4 Å². The lowest BCUT2D eigenvalue weighted by Crippen LogP contribution is -2.31. The van der Waals surface area contributed by atoms with Gasteiger partial charge in [0.05, 0.1) is 6.10 Å². The van der Waals surface area contributed by atoms with Gasteiger partial charge in [0.25, 0.3) is 5.91 Å². The molecule has 1 saturated heterocycles. The third-order valence-electron chi connectivity index (χ3n) is 4.52. The van der Waals surface area contributed by atoms with Crippen LogP contribution in [-0.4, -0.2) is 36.7 Å². The number of aromatic nitrogens is 1. The van der Waals surface area contributed by atoms with E-state index in [9.17, 15) is 4.79 Å². The van der Waals surface area contributed by atoms with Crippen molar-refractivity contribution >= 4 is 11.6 Å². The summed E-state index contributed by atoms with van der Waals surface area (Å²) < 4.78 is 5.52. The van der Waals surface area contributed by atoms with E-state index in [-0.39, 0.29) is 12.0 Å². The largest absolute Gasteiger partial charge is 0.398 e. The molecular formula is C20H26N4O2.